The lowest BCUT2D eigenvalue weighted by Gasteiger charge is -2.22. The Bertz CT molecular complexity index is 401. The molecule has 2 atom stereocenters. The van der Waals surface area contributed by atoms with Crippen LogP contribution in [0.15, 0.2) is 12.1 Å². The molecule has 0 spiro atoms. The molecule has 1 aromatic rings. The van der Waals surface area contributed by atoms with Crippen LogP contribution < -0.4 is 19.5 Å². The van der Waals surface area contributed by atoms with Crippen LogP contribution in [0.3, 0.4) is 0 Å². The van der Waals surface area contributed by atoms with E-state index in [1.54, 1.807) is 21.3 Å². The van der Waals surface area contributed by atoms with Crippen LogP contribution in [-0.2, 0) is 0 Å². The molecule has 2 unspecified atom stereocenters. The lowest BCUT2D eigenvalue weighted by Crippen LogP contribution is -2.30. The van der Waals surface area contributed by atoms with Crippen molar-refractivity contribution in [3.8, 4) is 17.2 Å². The number of hydrogen-bond donors (Lipinski definition) is 1. The van der Waals surface area contributed by atoms with Crippen molar-refractivity contribution in [3.63, 3.8) is 0 Å². The standard InChI is InChI=1S/C15H25NO3S/c1-10(9-20-6)16-11(2)12-7-13(17-3)15(19-5)14(8-12)18-4/h7-8,10-11,16H,9H2,1-6H3. The summed E-state index contributed by atoms with van der Waals surface area (Å²) in [6.07, 6.45) is 2.11. The third kappa shape index (κ3) is 4.21. The third-order valence-corrected chi connectivity index (χ3v) is 3.97. The minimum atomic E-state index is 0.214. The number of rotatable bonds is 8. The average Bonchev–Trinajstić information content (AvgIpc) is 2.45. The van der Waals surface area contributed by atoms with Gasteiger partial charge in [-0.15, -0.1) is 0 Å². The fourth-order valence-electron chi connectivity index (χ4n) is 2.17. The van der Waals surface area contributed by atoms with Gasteiger partial charge in [0.15, 0.2) is 11.5 Å². The minimum absolute atomic E-state index is 0.214. The third-order valence-electron chi connectivity index (χ3n) is 3.14. The number of thioether (sulfide) groups is 1. The van der Waals surface area contributed by atoms with Crippen molar-refractivity contribution >= 4 is 11.8 Å². The van der Waals surface area contributed by atoms with E-state index in [0.29, 0.717) is 23.3 Å². The molecule has 1 rings (SSSR count). The Balaban J connectivity index is 3.00. The Kier molecular flexibility index (Phi) is 7.02. The molecule has 0 heterocycles. The van der Waals surface area contributed by atoms with Crippen LogP contribution in [0.5, 0.6) is 17.2 Å². The maximum atomic E-state index is 5.39. The summed E-state index contributed by atoms with van der Waals surface area (Å²) in [5.74, 6) is 3.08. The van der Waals surface area contributed by atoms with E-state index in [-0.39, 0.29) is 6.04 Å². The molecule has 0 amide bonds. The van der Waals surface area contributed by atoms with E-state index < -0.39 is 0 Å². The van der Waals surface area contributed by atoms with Crippen LogP contribution in [0.4, 0.5) is 0 Å². The Morgan fingerprint density at radius 3 is 2.00 bits per heavy atom. The first kappa shape index (κ1) is 17.0. The Morgan fingerprint density at radius 2 is 1.60 bits per heavy atom. The van der Waals surface area contributed by atoms with Gasteiger partial charge in [-0.1, -0.05) is 0 Å². The molecule has 0 bridgehead atoms. The number of nitrogens with one attached hydrogen (secondary N) is 1. The van der Waals surface area contributed by atoms with Gasteiger partial charge in [0.05, 0.1) is 21.3 Å². The highest BCUT2D eigenvalue weighted by Gasteiger charge is 2.17. The lowest BCUT2D eigenvalue weighted by atomic mass is 10.1. The highest BCUT2D eigenvalue weighted by Crippen LogP contribution is 2.39. The Labute approximate surface area is 126 Å². The normalized spacial score (nSPS) is 13.7. The Morgan fingerprint density at radius 1 is 1.05 bits per heavy atom. The first-order chi connectivity index (χ1) is 9.57. The minimum Gasteiger partial charge on any atom is -0.493 e. The molecule has 1 aromatic carbocycles. The molecule has 0 radical (unpaired) electrons. The van der Waals surface area contributed by atoms with Gasteiger partial charge in [-0.2, -0.15) is 11.8 Å². The van der Waals surface area contributed by atoms with Crippen LogP contribution >= 0.6 is 11.8 Å². The molecular weight excluding hydrogens is 274 g/mol. The van der Waals surface area contributed by atoms with E-state index in [1.807, 2.05) is 23.9 Å². The second kappa shape index (κ2) is 8.27. The van der Waals surface area contributed by atoms with Crippen molar-refractivity contribution in [3.05, 3.63) is 17.7 Å². The lowest BCUT2D eigenvalue weighted by molar-refractivity contribution is 0.323. The number of benzene rings is 1. The molecule has 5 heteroatoms. The van der Waals surface area contributed by atoms with Crippen LogP contribution in [0.2, 0.25) is 0 Å². The molecule has 0 aromatic heterocycles. The van der Waals surface area contributed by atoms with Crippen LogP contribution in [-0.4, -0.2) is 39.4 Å². The topological polar surface area (TPSA) is 39.7 Å². The number of hydrogen-bond acceptors (Lipinski definition) is 5. The summed E-state index contributed by atoms with van der Waals surface area (Å²) in [5, 5.41) is 3.56. The zero-order valence-electron chi connectivity index (χ0n) is 13.1. The van der Waals surface area contributed by atoms with Gasteiger partial charge < -0.3 is 19.5 Å². The summed E-state index contributed by atoms with van der Waals surface area (Å²) < 4.78 is 16.1. The van der Waals surface area contributed by atoms with Crippen LogP contribution in [0.1, 0.15) is 25.5 Å². The van der Waals surface area contributed by atoms with Crippen molar-refractivity contribution in [1.29, 1.82) is 0 Å². The van der Waals surface area contributed by atoms with E-state index in [1.165, 1.54) is 0 Å². The van der Waals surface area contributed by atoms with Crippen molar-refractivity contribution in [2.75, 3.05) is 33.3 Å². The van der Waals surface area contributed by atoms with Crippen LogP contribution in [0, 0.1) is 0 Å². The van der Waals surface area contributed by atoms with Crippen LogP contribution in [0.25, 0.3) is 0 Å². The summed E-state index contributed by atoms with van der Waals surface area (Å²) in [7, 11) is 4.88. The van der Waals surface area contributed by atoms with E-state index in [0.717, 1.165) is 11.3 Å². The summed E-state index contributed by atoms with van der Waals surface area (Å²) in [6, 6.07) is 4.64. The van der Waals surface area contributed by atoms with Crippen molar-refractivity contribution in [2.24, 2.45) is 0 Å². The fourth-order valence-corrected chi connectivity index (χ4v) is 2.77. The Hall–Kier alpha value is -1.07. The maximum absolute atomic E-state index is 5.39. The van der Waals surface area contributed by atoms with Crippen molar-refractivity contribution in [1.82, 2.24) is 5.32 Å². The first-order valence-corrected chi connectivity index (χ1v) is 8.01. The zero-order chi connectivity index (χ0) is 15.1. The number of ether oxygens (including phenoxy) is 3. The second-order valence-corrected chi connectivity index (χ2v) is 5.61. The van der Waals surface area contributed by atoms with Gasteiger partial charge in [-0.3, -0.25) is 0 Å². The zero-order valence-corrected chi connectivity index (χ0v) is 14.0. The monoisotopic (exact) mass is 299 g/mol. The summed E-state index contributed by atoms with van der Waals surface area (Å²) >= 11 is 1.84. The molecule has 0 saturated carbocycles. The quantitative estimate of drug-likeness (QED) is 0.798. The highest BCUT2D eigenvalue weighted by molar-refractivity contribution is 7.98. The summed E-state index contributed by atoms with van der Waals surface area (Å²) in [4.78, 5) is 0. The van der Waals surface area contributed by atoms with E-state index in [2.05, 4.69) is 25.4 Å². The smallest absolute Gasteiger partial charge is 0.203 e. The summed E-state index contributed by atoms with van der Waals surface area (Å²) in [6.45, 7) is 4.32. The predicted molar refractivity (Wildman–Crippen MR) is 85.5 cm³/mol. The first-order valence-electron chi connectivity index (χ1n) is 6.62. The van der Waals surface area contributed by atoms with Gasteiger partial charge in [-0.25, -0.2) is 0 Å². The SMILES string of the molecule is COc1cc(C(C)NC(C)CSC)cc(OC)c1OC. The molecule has 0 aliphatic rings. The number of methoxy groups -OCH3 is 3. The van der Waals surface area contributed by atoms with Gasteiger partial charge in [0.1, 0.15) is 0 Å². The molecule has 0 fully saturated rings. The van der Waals surface area contributed by atoms with Gasteiger partial charge in [0.2, 0.25) is 5.75 Å². The molecule has 114 valence electrons. The van der Waals surface area contributed by atoms with E-state index in [4.69, 9.17) is 14.2 Å². The molecule has 0 aliphatic carbocycles. The van der Waals surface area contributed by atoms with Crippen molar-refractivity contribution in [2.45, 2.75) is 25.9 Å². The second-order valence-electron chi connectivity index (χ2n) is 4.70. The molecule has 0 aliphatic heterocycles. The molecule has 0 saturated heterocycles. The maximum Gasteiger partial charge on any atom is 0.203 e. The van der Waals surface area contributed by atoms with E-state index >= 15 is 0 Å². The molecular formula is C15H25NO3S. The molecule has 20 heavy (non-hydrogen) atoms. The molecule has 1 N–H and O–H groups in total. The van der Waals surface area contributed by atoms with Gasteiger partial charge in [-0.05, 0) is 37.8 Å². The fraction of sp³-hybridized carbons (Fsp3) is 0.600. The largest absolute Gasteiger partial charge is 0.493 e. The van der Waals surface area contributed by atoms with Gasteiger partial charge in [0.25, 0.3) is 0 Å². The predicted octanol–water partition coefficient (Wildman–Crippen LogP) is 3.11. The molecule has 4 nitrogen and oxygen atoms in total. The summed E-state index contributed by atoms with van der Waals surface area (Å²) in [5.41, 5.74) is 1.12. The van der Waals surface area contributed by atoms with E-state index in [9.17, 15) is 0 Å². The average molecular weight is 299 g/mol. The van der Waals surface area contributed by atoms with Gasteiger partial charge >= 0.3 is 0 Å². The van der Waals surface area contributed by atoms with Crippen molar-refractivity contribution < 1.29 is 14.2 Å². The highest BCUT2D eigenvalue weighted by atomic mass is 32.2. The van der Waals surface area contributed by atoms with Gasteiger partial charge in [0, 0.05) is 17.8 Å².